The fourth-order valence-corrected chi connectivity index (χ4v) is 5.28. The van der Waals surface area contributed by atoms with Gasteiger partial charge in [-0.05, 0) is 42.5 Å². The summed E-state index contributed by atoms with van der Waals surface area (Å²) in [6, 6.07) is 11.6. The van der Waals surface area contributed by atoms with Crippen LogP contribution in [-0.4, -0.2) is 15.9 Å². The van der Waals surface area contributed by atoms with E-state index in [1.807, 2.05) is 36.4 Å². The van der Waals surface area contributed by atoms with Crippen molar-refractivity contribution in [3.8, 4) is 0 Å². The minimum Gasteiger partial charge on any atom is -0.467 e. The van der Waals surface area contributed by atoms with Crippen LogP contribution in [0.15, 0.2) is 47.1 Å². The molecule has 2 unspecified atom stereocenters. The van der Waals surface area contributed by atoms with Crippen molar-refractivity contribution in [3.63, 3.8) is 0 Å². The maximum atomic E-state index is 13.6. The van der Waals surface area contributed by atoms with Crippen molar-refractivity contribution in [2.75, 3.05) is 0 Å². The molecule has 1 aromatic carbocycles. The van der Waals surface area contributed by atoms with E-state index in [1.54, 1.807) is 6.26 Å². The predicted octanol–water partition coefficient (Wildman–Crippen LogP) is 3.87. The fraction of sp³-hybridized carbons (Fsp3) is 0.409. The van der Waals surface area contributed by atoms with E-state index >= 15 is 0 Å². The van der Waals surface area contributed by atoms with Crippen LogP contribution in [0, 0.1) is 5.41 Å². The number of nitrogens with one attached hydrogen (secondary N) is 1. The number of hydrogen-bond acceptors (Lipinski definition) is 4. The number of nitrogens with zero attached hydrogens (tertiary/aromatic N) is 2. The van der Waals surface area contributed by atoms with E-state index in [-0.39, 0.29) is 16.7 Å². The molecule has 1 saturated carbocycles. The van der Waals surface area contributed by atoms with Gasteiger partial charge in [-0.1, -0.05) is 32.9 Å². The van der Waals surface area contributed by atoms with Gasteiger partial charge in [0.15, 0.2) is 0 Å². The molecule has 0 radical (unpaired) electrons. The molecule has 5 rings (SSSR count). The number of fused-ring (bicyclic) bond motifs is 6. The van der Waals surface area contributed by atoms with Gasteiger partial charge >= 0.3 is 0 Å². The number of amides is 1. The molecule has 2 heterocycles. The number of benzene rings is 1. The van der Waals surface area contributed by atoms with Crippen LogP contribution >= 0.6 is 0 Å². The topological polar surface area (TPSA) is 68.0 Å². The smallest absolute Gasteiger partial charge is 0.233 e. The Morgan fingerprint density at radius 3 is 2.41 bits per heavy atom. The molecule has 1 fully saturated rings. The molecule has 0 saturated heterocycles. The number of rotatable bonds is 3. The lowest BCUT2D eigenvalue weighted by atomic mass is 9.63. The Morgan fingerprint density at radius 1 is 1.04 bits per heavy atom. The Kier molecular flexibility index (Phi) is 3.16. The highest BCUT2D eigenvalue weighted by atomic mass is 16.3. The highest BCUT2D eigenvalue weighted by Gasteiger charge is 2.73. The van der Waals surface area contributed by atoms with Crippen LogP contribution in [-0.2, 0) is 22.2 Å². The summed E-state index contributed by atoms with van der Waals surface area (Å²) >= 11 is 0. The van der Waals surface area contributed by atoms with Crippen LogP contribution in [0.25, 0.3) is 11.0 Å². The van der Waals surface area contributed by atoms with Crippen molar-refractivity contribution in [3.05, 3.63) is 59.8 Å². The third kappa shape index (κ3) is 1.87. The molecule has 3 aromatic rings. The van der Waals surface area contributed by atoms with Crippen LogP contribution < -0.4 is 5.32 Å². The van der Waals surface area contributed by atoms with Crippen molar-refractivity contribution in [2.24, 2.45) is 5.41 Å². The molecular weight excluding hydrogens is 338 g/mol. The van der Waals surface area contributed by atoms with Gasteiger partial charge in [0.25, 0.3) is 0 Å². The number of carbonyl (C=O) groups is 1. The number of furan rings is 1. The van der Waals surface area contributed by atoms with Gasteiger partial charge in [-0.15, -0.1) is 0 Å². The van der Waals surface area contributed by atoms with E-state index in [1.165, 1.54) is 0 Å². The van der Waals surface area contributed by atoms with Crippen molar-refractivity contribution < 1.29 is 9.21 Å². The molecule has 2 atom stereocenters. The first-order valence-corrected chi connectivity index (χ1v) is 9.49. The second-order valence-corrected chi connectivity index (χ2v) is 8.53. The van der Waals surface area contributed by atoms with Gasteiger partial charge < -0.3 is 9.73 Å². The number of hydrogen-bond donors (Lipinski definition) is 1. The molecule has 1 N–H and O–H groups in total. The molecule has 0 aliphatic heterocycles. The summed E-state index contributed by atoms with van der Waals surface area (Å²) < 4.78 is 5.38. The zero-order chi connectivity index (χ0) is 18.9. The van der Waals surface area contributed by atoms with Gasteiger partial charge in [-0.3, -0.25) is 4.79 Å². The summed E-state index contributed by atoms with van der Waals surface area (Å²) in [5, 5.41) is 3.11. The van der Waals surface area contributed by atoms with E-state index < -0.39 is 5.41 Å². The van der Waals surface area contributed by atoms with Crippen molar-refractivity contribution >= 4 is 16.9 Å². The third-order valence-electron chi connectivity index (χ3n) is 7.33. The Balaban J connectivity index is 1.65. The fourth-order valence-electron chi connectivity index (χ4n) is 5.28. The summed E-state index contributed by atoms with van der Waals surface area (Å²) in [6.45, 7) is 7.02. The molecule has 1 amide bonds. The number of carbonyl (C=O) groups excluding carboxylic acids is 1. The Morgan fingerprint density at radius 2 is 1.74 bits per heavy atom. The first kappa shape index (κ1) is 16.5. The molecular formula is C22H23N3O2. The number of aromatic nitrogens is 2. The third-order valence-corrected chi connectivity index (χ3v) is 7.33. The zero-order valence-electron chi connectivity index (χ0n) is 15.9. The first-order chi connectivity index (χ1) is 12.9. The molecule has 2 aromatic heterocycles. The summed E-state index contributed by atoms with van der Waals surface area (Å²) in [7, 11) is 0. The van der Waals surface area contributed by atoms with Crippen LogP contribution in [0.5, 0.6) is 0 Å². The van der Waals surface area contributed by atoms with E-state index in [9.17, 15) is 4.79 Å². The van der Waals surface area contributed by atoms with Crippen molar-refractivity contribution in [1.29, 1.82) is 0 Å². The summed E-state index contributed by atoms with van der Waals surface area (Å²) in [4.78, 5) is 23.5. The van der Waals surface area contributed by atoms with Gasteiger partial charge in [0.05, 0.1) is 40.6 Å². The quantitative estimate of drug-likeness (QED) is 0.769. The molecule has 138 valence electrons. The standard InChI is InChI=1S/C22H23N3O2/c1-20(2)21(3)10-11-22(20,19(26)23-13-14-7-6-12-27-14)18-17(21)24-15-8-4-5-9-16(15)25-18/h4-9,12H,10-11,13H2,1-3H3,(H,23,26). The average molecular weight is 361 g/mol. The molecule has 2 aliphatic carbocycles. The van der Waals surface area contributed by atoms with Crippen LogP contribution in [0.1, 0.15) is 50.8 Å². The minimum atomic E-state index is -0.666. The highest BCUT2D eigenvalue weighted by Crippen LogP contribution is 2.70. The lowest BCUT2D eigenvalue weighted by Crippen LogP contribution is -2.51. The lowest BCUT2D eigenvalue weighted by Gasteiger charge is -2.39. The molecule has 5 nitrogen and oxygen atoms in total. The van der Waals surface area contributed by atoms with Gasteiger partial charge in [-0.25, -0.2) is 9.97 Å². The van der Waals surface area contributed by atoms with E-state index in [4.69, 9.17) is 14.4 Å². The minimum absolute atomic E-state index is 0.0240. The average Bonchev–Trinajstić information content (AvgIpc) is 3.28. The van der Waals surface area contributed by atoms with E-state index in [2.05, 4.69) is 26.1 Å². The highest BCUT2D eigenvalue weighted by molar-refractivity contribution is 5.92. The van der Waals surface area contributed by atoms with Gasteiger partial charge in [0.1, 0.15) is 5.76 Å². The molecule has 5 heteroatoms. The SMILES string of the molecule is CC12CCC(C(=O)NCc3ccco3)(c3nc4ccccc4nc31)C2(C)C. The van der Waals surface area contributed by atoms with E-state index in [0.29, 0.717) is 6.54 Å². The van der Waals surface area contributed by atoms with Crippen molar-refractivity contribution in [1.82, 2.24) is 15.3 Å². The summed E-state index contributed by atoms with van der Waals surface area (Å²) in [6.07, 6.45) is 3.35. The maximum absolute atomic E-state index is 13.6. The second-order valence-electron chi connectivity index (χ2n) is 8.53. The molecule has 27 heavy (non-hydrogen) atoms. The normalized spacial score (nSPS) is 27.7. The lowest BCUT2D eigenvalue weighted by molar-refractivity contribution is -0.130. The largest absolute Gasteiger partial charge is 0.467 e. The first-order valence-electron chi connectivity index (χ1n) is 9.49. The van der Waals surface area contributed by atoms with Gasteiger partial charge in [0.2, 0.25) is 5.91 Å². The predicted molar refractivity (Wildman–Crippen MR) is 102 cm³/mol. The monoisotopic (exact) mass is 361 g/mol. The zero-order valence-corrected chi connectivity index (χ0v) is 15.9. The van der Waals surface area contributed by atoms with Crippen LogP contribution in [0.2, 0.25) is 0 Å². The summed E-state index contributed by atoms with van der Waals surface area (Å²) in [5.74, 6) is 0.775. The second kappa shape index (κ2) is 5.18. The van der Waals surface area contributed by atoms with Crippen molar-refractivity contribution in [2.45, 2.75) is 51.0 Å². The molecule has 2 aliphatic rings. The number of para-hydroxylation sites is 2. The maximum Gasteiger partial charge on any atom is 0.233 e. The van der Waals surface area contributed by atoms with Gasteiger partial charge in [-0.2, -0.15) is 0 Å². The summed E-state index contributed by atoms with van der Waals surface area (Å²) in [5.41, 5.74) is 2.49. The van der Waals surface area contributed by atoms with E-state index in [0.717, 1.165) is 41.0 Å². The molecule has 2 bridgehead atoms. The Labute approximate surface area is 158 Å². The van der Waals surface area contributed by atoms with Crippen LogP contribution in [0.4, 0.5) is 0 Å². The Bertz CT molecular complexity index is 1060. The van der Waals surface area contributed by atoms with Crippen LogP contribution in [0.3, 0.4) is 0 Å². The molecule has 0 spiro atoms. The Hall–Kier alpha value is -2.69. The van der Waals surface area contributed by atoms with Gasteiger partial charge in [0, 0.05) is 5.41 Å².